The molecule has 0 bridgehead atoms. The maximum absolute atomic E-state index is 12.8. The van der Waals surface area contributed by atoms with Gasteiger partial charge in [-0.2, -0.15) is 0 Å². The van der Waals surface area contributed by atoms with Gasteiger partial charge in [0.15, 0.2) is 6.10 Å². The van der Waals surface area contributed by atoms with E-state index in [9.17, 15) is 14.4 Å². The van der Waals surface area contributed by atoms with Crippen LogP contribution in [0.15, 0.2) is 97.2 Å². The lowest BCUT2D eigenvalue weighted by molar-refractivity contribution is -0.167. The molecule has 0 saturated heterocycles. The van der Waals surface area contributed by atoms with Crippen molar-refractivity contribution in [3.8, 4) is 0 Å². The minimum Gasteiger partial charge on any atom is -0.462 e. The molecule has 0 radical (unpaired) electrons. The summed E-state index contributed by atoms with van der Waals surface area (Å²) in [6.07, 6.45) is 74.1. The van der Waals surface area contributed by atoms with E-state index in [1.54, 1.807) is 0 Å². The van der Waals surface area contributed by atoms with Crippen LogP contribution >= 0.6 is 0 Å². The zero-order valence-electron chi connectivity index (χ0n) is 44.3. The molecule has 0 spiro atoms. The van der Waals surface area contributed by atoms with Crippen molar-refractivity contribution in [2.45, 2.75) is 264 Å². The molecule has 388 valence electrons. The molecule has 1 unspecified atom stereocenters. The van der Waals surface area contributed by atoms with Crippen LogP contribution in [0.5, 0.6) is 0 Å². The Labute approximate surface area is 419 Å². The topological polar surface area (TPSA) is 78.9 Å². The zero-order valence-corrected chi connectivity index (χ0v) is 44.3. The molecule has 0 aliphatic heterocycles. The highest BCUT2D eigenvalue weighted by atomic mass is 16.6. The van der Waals surface area contributed by atoms with E-state index in [2.05, 4.69) is 118 Å². The van der Waals surface area contributed by atoms with Gasteiger partial charge in [-0.3, -0.25) is 14.4 Å². The number of ether oxygens (including phenoxy) is 3. The van der Waals surface area contributed by atoms with Gasteiger partial charge in [0.05, 0.1) is 0 Å². The molecule has 68 heavy (non-hydrogen) atoms. The Balaban J connectivity index is 4.22. The lowest BCUT2D eigenvalue weighted by Gasteiger charge is -2.18. The van der Waals surface area contributed by atoms with E-state index in [0.29, 0.717) is 19.3 Å². The molecule has 0 aromatic heterocycles. The first kappa shape index (κ1) is 64.3. The zero-order chi connectivity index (χ0) is 49.3. The van der Waals surface area contributed by atoms with Gasteiger partial charge in [0, 0.05) is 19.3 Å². The fourth-order valence-electron chi connectivity index (χ4n) is 7.58. The first-order valence-electron chi connectivity index (χ1n) is 28.2. The Morgan fingerprint density at radius 1 is 0.309 bits per heavy atom. The summed E-state index contributed by atoms with van der Waals surface area (Å²) in [7, 11) is 0. The average Bonchev–Trinajstić information content (AvgIpc) is 3.34. The largest absolute Gasteiger partial charge is 0.462 e. The number of hydrogen-bond acceptors (Lipinski definition) is 6. The molecule has 0 N–H and O–H groups in total. The van der Waals surface area contributed by atoms with E-state index < -0.39 is 6.10 Å². The van der Waals surface area contributed by atoms with E-state index >= 15 is 0 Å². The normalized spacial score (nSPS) is 12.8. The third kappa shape index (κ3) is 53.3. The van der Waals surface area contributed by atoms with Crippen LogP contribution in [0.1, 0.15) is 258 Å². The van der Waals surface area contributed by atoms with Crippen LogP contribution in [0.2, 0.25) is 0 Å². The molecule has 0 heterocycles. The van der Waals surface area contributed by atoms with Crippen molar-refractivity contribution in [3.05, 3.63) is 97.2 Å². The fourth-order valence-corrected chi connectivity index (χ4v) is 7.58. The van der Waals surface area contributed by atoms with Gasteiger partial charge in [0.2, 0.25) is 0 Å². The minimum atomic E-state index is -0.783. The second-order valence-corrected chi connectivity index (χ2v) is 18.5. The van der Waals surface area contributed by atoms with E-state index in [0.717, 1.165) is 122 Å². The molecule has 0 aromatic carbocycles. The molecular weight excluding hydrogens is 841 g/mol. The van der Waals surface area contributed by atoms with Gasteiger partial charge in [-0.15, -0.1) is 0 Å². The van der Waals surface area contributed by atoms with Crippen molar-refractivity contribution in [2.75, 3.05) is 13.2 Å². The van der Waals surface area contributed by atoms with Crippen molar-refractivity contribution in [2.24, 2.45) is 0 Å². The molecule has 0 aromatic rings. The number of allylic oxidation sites excluding steroid dienone is 16. The predicted molar refractivity (Wildman–Crippen MR) is 293 cm³/mol. The molecular formula is C62H104O6. The first-order chi connectivity index (χ1) is 33.5. The van der Waals surface area contributed by atoms with Gasteiger partial charge in [-0.25, -0.2) is 0 Å². The maximum Gasteiger partial charge on any atom is 0.306 e. The standard InChI is InChI=1S/C62H104O6/c1-4-7-10-13-16-19-22-23-24-25-26-27-28-29-30-31-32-33-34-35-36-37-38-39-41-43-46-49-52-55-61(64)67-58-59(57-66-60(63)54-51-48-45-42-21-18-15-12-9-6-3)68-62(65)56-53-50-47-44-40-20-17-14-11-8-5-2/h7,10,14,16-17,19,23-24,26-27,29-30,32-33,35-36,59H,4-6,8-9,11-13,15,18,20-22,25,28,31,34,37-58H2,1-3H3/b10-7-,17-14-,19-16-,24-23-,27-26-,30-29-,33-32-,36-35-. The molecule has 0 rings (SSSR count). The van der Waals surface area contributed by atoms with Gasteiger partial charge in [-0.05, 0) is 96.3 Å². The third-order valence-corrected chi connectivity index (χ3v) is 11.8. The van der Waals surface area contributed by atoms with Crippen molar-refractivity contribution in [3.63, 3.8) is 0 Å². The average molecular weight is 946 g/mol. The van der Waals surface area contributed by atoms with Gasteiger partial charge >= 0.3 is 17.9 Å². The van der Waals surface area contributed by atoms with Crippen molar-refractivity contribution in [1.82, 2.24) is 0 Å². The highest BCUT2D eigenvalue weighted by Crippen LogP contribution is 2.14. The van der Waals surface area contributed by atoms with Crippen LogP contribution in [0.4, 0.5) is 0 Å². The SMILES string of the molecule is CC/C=C\C/C=C\C/C=C\C/C=C\C/C=C\C/C=C\C/C=C\CCCCCCCCCC(=O)OCC(COC(=O)CCCCCCCCCCCC)OC(=O)CCCCCCC/C=C\CCCC. The van der Waals surface area contributed by atoms with Crippen molar-refractivity contribution >= 4 is 17.9 Å². The summed E-state index contributed by atoms with van der Waals surface area (Å²) in [4.78, 5) is 37.9. The van der Waals surface area contributed by atoms with Gasteiger partial charge in [0.1, 0.15) is 13.2 Å². The Hall–Kier alpha value is -3.67. The Kier molecular flexibility index (Phi) is 52.9. The number of esters is 3. The second-order valence-electron chi connectivity index (χ2n) is 18.5. The molecule has 0 amide bonds. The predicted octanol–water partition coefficient (Wildman–Crippen LogP) is 18.9. The van der Waals surface area contributed by atoms with E-state index in [4.69, 9.17) is 14.2 Å². The minimum absolute atomic E-state index is 0.0827. The summed E-state index contributed by atoms with van der Waals surface area (Å²) in [5, 5.41) is 0. The number of carbonyl (C=O) groups is 3. The van der Waals surface area contributed by atoms with E-state index in [-0.39, 0.29) is 31.1 Å². The molecule has 0 fully saturated rings. The molecule has 6 nitrogen and oxygen atoms in total. The number of carbonyl (C=O) groups excluding carboxylic acids is 3. The Morgan fingerprint density at radius 2 is 0.588 bits per heavy atom. The van der Waals surface area contributed by atoms with Crippen LogP contribution in [0.25, 0.3) is 0 Å². The van der Waals surface area contributed by atoms with Crippen LogP contribution < -0.4 is 0 Å². The van der Waals surface area contributed by atoms with Crippen LogP contribution in [-0.4, -0.2) is 37.2 Å². The van der Waals surface area contributed by atoms with Gasteiger partial charge in [0.25, 0.3) is 0 Å². The monoisotopic (exact) mass is 945 g/mol. The smallest absolute Gasteiger partial charge is 0.306 e. The lowest BCUT2D eigenvalue weighted by Crippen LogP contribution is -2.30. The highest BCUT2D eigenvalue weighted by Gasteiger charge is 2.19. The molecule has 0 saturated carbocycles. The number of rotatable bonds is 50. The van der Waals surface area contributed by atoms with Crippen molar-refractivity contribution < 1.29 is 28.6 Å². The summed E-state index contributed by atoms with van der Waals surface area (Å²) in [6, 6.07) is 0. The van der Waals surface area contributed by atoms with Gasteiger partial charge < -0.3 is 14.2 Å². The quantitative estimate of drug-likeness (QED) is 0.0262. The van der Waals surface area contributed by atoms with Crippen molar-refractivity contribution in [1.29, 1.82) is 0 Å². The van der Waals surface area contributed by atoms with E-state index in [1.807, 2.05) is 0 Å². The number of hydrogen-bond donors (Lipinski definition) is 0. The summed E-state index contributed by atoms with van der Waals surface area (Å²) in [6.45, 7) is 6.45. The molecule has 1 atom stereocenters. The summed E-state index contributed by atoms with van der Waals surface area (Å²) < 4.78 is 16.8. The van der Waals surface area contributed by atoms with Crippen LogP contribution in [0, 0.1) is 0 Å². The third-order valence-electron chi connectivity index (χ3n) is 11.8. The van der Waals surface area contributed by atoms with E-state index in [1.165, 1.54) is 96.3 Å². The summed E-state index contributed by atoms with van der Waals surface area (Å²) in [5.74, 6) is -0.906. The molecule has 6 heteroatoms. The van der Waals surface area contributed by atoms with Crippen LogP contribution in [-0.2, 0) is 28.6 Å². The first-order valence-corrected chi connectivity index (χ1v) is 28.2. The molecule has 0 aliphatic rings. The maximum atomic E-state index is 12.8. The Bertz CT molecular complexity index is 1360. The fraction of sp³-hybridized carbons (Fsp3) is 0.694. The highest BCUT2D eigenvalue weighted by molar-refractivity contribution is 5.71. The number of unbranched alkanes of at least 4 members (excludes halogenated alkanes) is 23. The summed E-state index contributed by atoms with van der Waals surface area (Å²) in [5.41, 5.74) is 0. The van der Waals surface area contributed by atoms with Gasteiger partial charge in [-0.1, -0.05) is 240 Å². The lowest BCUT2D eigenvalue weighted by atomic mass is 10.1. The Morgan fingerprint density at radius 3 is 0.956 bits per heavy atom. The second kappa shape index (κ2) is 55.9. The van der Waals surface area contributed by atoms with Crippen LogP contribution in [0.3, 0.4) is 0 Å². The molecule has 0 aliphatic carbocycles. The summed E-state index contributed by atoms with van der Waals surface area (Å²) >= 11 is 0.